The zero-order valence-electron chi connectivity index (χ0n) is 18.7. The van der Waals surface area contributed by atoms with Crippen molar-refractivity contribution < 1.29 is 26.8 Å². The van der Waals surface area contributed by atoms with Crippen LogP contribution in [-0.2, 0) is 19.3 Å². The van der Waals surface area contributed by atoms with E-state index in [0.717, 1.165) is 44.4 Å². The topological polar surface area (TPSA) is 94.8 Å². The number of rotatable bonds is 6. The van der Waals surface area contributed by atoms with Gasteiger partial charge in [-0.25, -0.2) is 12.8 Å². The smallest absolute Gasteiger partial charge is 0.324 e. The molecule has 0 bridgehead atoms. The van der Waals surface area contributed by atoms with Crippen LogP contribution in [0.25, 0.3) is 0 Å². The van der Waals surface area contributed by atoms with E-state index in [4.69, 9.17) is 14.0 Å². The summed E-state index contributed by atoms with van der Waals surface area (Å²) in [6, 6.07) is 4.59. The van der Waals surface area contributed by atoms with Gasteiger partial charge < -0.3 is 18.9 Å². The van der Waals surface area contributed by atoms with Crippen LogP contribution in [-0.4, -0.2) is 51.1 Å². The molecule has 10 heteroatoms. The molecular formula is C22H30FN3O5S. The maximum absolute atomic E-state index is 14.2. The second-order valence-corrected chi connectivity index (χ2v) is 11.1. The summed E-state index contributed by atoms with van der Waals surface area (Å²) in [7, 11) is -3.60. The Bertz CT molecular complexity index is 1030. The van der Waals surface area contributed by atoms with Gasteiger partial charge in [-0.15, -0.1) is 0 Å². The molecule has 1 aromatic carbocycles. The van der Waals surface area contributed by atoms with Gasteiger partial charge in [-0.1, -0.05) is 25.1 Å². The zero-order valence-corrected chi connectivity index (χ0v) is 19.5. The lowest BCUT2D eigenvalue weighted by Gasteiger charge is -2.35. The first kappa shape index (κ1) is 23.1. The molecule has 32 heavy (non-hydrogen) atoms. The summed E-state index contributed by atoms with van der Waals surface area (Å²) in [5.41, 5.74) is 0.488. The molecule has 2 saturated heterocycles. The van der Waals surface area contributed by atoms with Crippen LogP contribution >= 0.6 is 0 Å². The molecule has 2 aromatic rings. The average molecular weight is 468 g/mol. The van der Waals surface area contributed by atoms with Crippen LogP contribution in [0, 0.1) is 17.7 Å². The maximum atomic E-state index is 14.2. The Balaban J connectivity index is 1.25. The molecule has 0 radical (unpaired) electrons. The second-order valence-electron chi connectivity index (χ2n) is 9.08. The number of hydrogen-bond donors (Lipinski definition) is 0. The van der Waals surface area contributed by atoms with Crippen molar-refractivity contribution in [2.24, 2.45) is 11.8 Å². The fraction of sp³-hybridized carbons (Fsp3) is 0.636. The highest BCUT2D eigenvalue weighted by Crippen LogP contribution is 2.32. The molecule has 2 fully saturated rings. The third kappa shape index (κ3) is 5.29. The van der Waals surface area contributed by atoms with Crippen molar-refractivity contribution in [3.8, 4) is 0 Å². The number of piperidine rings is 1. The van der Waals surface area contributed by atoms with Crippen LogP contribution in [0.5, 0.6) is 0 Å². The first-order valence-corrected chi connectivity index (χ1v) is 12.9. The second kappa shape index (κ2) is 9.44. The fourth-order valence-electron chi connectivity index (χ4n) is 4.26. The molecule has 176 valence electrons. The highest BCUT2D eigenvalue weighted by Gasteiger charge is 2.29. The van der Waals surface area contributed by atoms with Gasteiger partial charge >= 0.3 is 6.01 Å². The number of nitrogens with zero attached hydrogens (tertiary/aromatic N) is 3. The Labute approximate surface area is 188 Å². The molecule has 0 aliphatic carbocycles. The molecule has 4 rings (SSSR count). The van der Waals surface area contributed by atoms with E-state index in [1.807, 2.05) is 13.8 Å². The number of sulfone groups is 1. The van der Waals surface area contributed by atoms with E-state index >= 15 is 0 Å². The highest BCUT2D eigenvalue weighted by molar-refractivity contribution is 7.90. The third-order valence-corrected chi connectivity index (χ3v) is 7.22. The highest BCUT2D eigenvalue weighted by atomic mass is 32.2. The summed E-state index contributed by atoms with van der Waals surface area (Å²) in [4.78, 5) is 6.31. The normalized spacial score (nSPS) is 23.1. The largest absolute Gasteiger partial charge is 0.348 e. The van der Waals surface area contributed by atoms with Crippen LogP contribution in [0.3, 0.4) is 0 Å². The van der Waals surface area contributed by atoms with Crippen molar-refractivity contribution in [1.82, 2.24) is 10.1 Å². The number of ether oxygens (including phenoxy) is 2. The summed E-state index contributed by atoms with van der Waals surface area (Å²) < 4.78 is 54.4. The summed E-state index contributed by atoms with van der Waals surface area (Å²) in [6.45, 7) is 6.91. The third-order valence-electron chi connectivity index (χ3n) is 6.09. The van der Waals surface area contributed by atoms with Gasteiger partial charge in [-0.3, -0.25) is 0 Å². The van der Waals surface area contributed by atoms with Crippen LogP contribution in [0.15, 0.2) is 27.6 Å². The van der Waals surface area contributed by atoms with E-state index < -0.39 is 21.9 Å². The van der Waals surface area contributed by atoms with E-state index in [1.54, 1.807) is 6.07 Å². The Morgan fingerprint density at radius 1 is 1.16 bits per heavy atom. The Hall–Kier alpha value is -2.04. The number of benzene rings is 1. The van der Waals surface area contributed by atoms with Gasteiger partial charge in [-0.05, 0) is 37.3 Å². The lowest BCUT2D eigenvalue weighted by atomic mass is 9.87. The van der Waals surface area contributed by atoms with E-state index in [1.165, 1.54) is 12.1 Å². The van der Waals surface area contributed by atoms with Crippen molar-refractivity contribution in [3.05, 3.63) is 35.4 Å². The van der Waals surface area contributed by atoms with E-state index in [9.17, 15) is 12.8 Å². The number of halogens is 1. The fourth-order valence-corrected chi connectivity index (χ4v) is 4.99. The molecule has 2 aliphatic heterocycles. The van der Waals surface area contributed by atoms with Gasteiger partial charge in [-0.2, -0.15) is 4.98 Å². The quantitative estimate of drug-likeness (QED) is 0.635. The molecule has 8 nitrogen and oxygen atoms in total. The summed E-state index contributed by atoms with van der Waals surface area (Å²) in [5.74, 6) is 1.04. The lowest BCUT2D eigenvalue weighted by molar-refractivity contribution is -0.207. The number of anilines is 1. The first-order valence-electron chi connectivity index (χ1n) is 11.0. The van der Waals surface area contributed by atoms with Crippen molar-refractivity contribution >= 4 is 15.9 Å². The van der Waals surface area contributed by atoms with Crippen molar-refractivity contribution in [2.75, 3.05) is 37.5 Å². The van der Waals surface area contributed by atoms with Gasteiger partial charge in [0, 0.05) is 36.7 Å². The van der Waals surface area contributed by atoms with Crippen LogP contribution in [0.1, 0.15) is 56.7 Å². The molecule has 0 unspecified atom stereocenters. The molecule has 1 aromatic heterocycles. The summed E-state index contributed by atoms with van der Waals surface area (Å²) in [5, 5.41) is 4.04. The van der Waals surface area contributed by atoms with Crippen molar-refractivity contribution in [1.29, 1.82) is 0 Å². The van der Waals surface area contributed by atoms with Gasteiger partial charge in [0.25, 0.3) is 0 Å². The SMILES string of the molecule is CC(C)c1noc(N2CCC(CC3COC(c4ccc(S(C)(=O)=O)c(F)c4)OC3)CC2)n1. The molecule has 0 spiro atoms. The standard InChI is InChI=1S/C22H30FN3O5S/c1-14(2)20-24-22(31-25-20)26-8-6-15(7-9-26)10-16-12-29-21(30-13-16)17-4-5-19(18(23)11-17)32(3,27)28/h4-5,11,14-16,21H,6-10,12-13H2,1-3H3. The monoisotopic (exact) mass is 467 g/mol. The molecule has 3 heterocycles. The number of aromatic nitrogens is 2. The molecule has 0 N–H and O–H groups in total. The minimum atomic E-state index is -3.60. The van der Waals surface area contributed by atoms with Gasteiger partial charge in [0.1, 0.15) is 10.7 Å². The van der Waals surface area contributed by atoms with E-state index in [-0.39, 0.29) is 16.7 Å². The number of hydrogen-bond acceptors (Lipinski definition) is 8. The van der Waals surface area contributed by atoms with Gasteiger partial charge in [0.2, 0.25) is 0 Å². The molecule has 0 atom stereocenters. The van der Waals surface area contributed by atoms with E-state index in [0.29, 0.717) is 30.7 Å². The molecule has 0 saturated carbocycles. The van der Waals surface area contributed by atoms with Crippen LogP contribution in [0.2, 0.25) is 0 Å². The first-order chi connectivity index (χ1) is 15.2. The minimum absolute atomic E-state index is 0.245. The van der Waals surface area contributed by atoms with Crippen molar-refractivity contribution in [2.45, 2.75) is 50.2 Å². The predicted molar refractivity (Wildman–Crippen MR) is 116 cm³/mol. The van der Waals surface area contributed by atoms with Gasteiger partial charge in [0.05, 0.1) is 13.2 Å². The molecule has 2 aliphatic rings. The van der Waals surface area contributed by atoms with Crippen molar-refractivity contribution in [3.63, 3.8) is 0 Å². The van der Waals surface area contributed by atoms with E-state index in [2.05, 4.69) is 15.0 Å². The van der Waals surface area contributed by atoms with Crippen LogP contribution in [0.4, 0.5) is 10.4 Å². The predicted octanol–water partition coefficient (Wildman–Crippen LogP) is 3.70. The van der Waals surface area contributed by atoms with Crippen LogP contribution < -0.4 is 4.90 Å². The van der Waals surface area contributed by atoms with Gasteiger partial charge in [0.15, 0.2) is 22.0 Å². The molecule has 0 amide bonds. The summed E-state index contributed by atoms with van der Waals surface area (Å²) in [6.07, 6.45) is 3.39. The Kier molecular flexibility index (Phi) is 6.83. The summed E-state index contributed by atoms with van der Waals surface area (Å²) >= 11 is 0. The molecular weight excluding hydrogens is 437 g/mol. The lowest BCUT2D eigenvalue weighted by Crippen LogP contribution is -2.36. The Morgan fingerprint density at radius 2 is 1.84 bits per heavy atom. The Morgan fingerprint density at radius 3 is 2.41 bits per heavy atom. The maximum Gasteiger partial charge on any atom is 0.324 e. The minimum Gasteiger partial charge on any atom is -0.348 e. The average Bonchev–Trinajstić information content (AvgIpc) is 3.24. The zero-order chi connectivity index (χ0) is 22.9.